The van der Waals surface area contributed by atoms with Crippen LogP contribution in [0.1, 0.15) is 44.7 Å². The predicted octanol–water partition coefficient (Wildman–Crippen LogP) is 2.28. The first-order valence-electron chi connectivity index (χ1n) is 9.83. The van der Waals surface area contributed by atoms with Crippen molar-refractivity contribution in [1.82, 2.24) is 20.1 Å². The maximum Gasteiger partial charge on any atom is 0.234 e. The molecule has 2 fully saturated rings. The summed E-state index contributed by atoms with van der Waals surface area (Å²) in [5.41, 5.74) is 0.909. The van der Waals surface area contributed by atoms with Crippen molar-refractivity contribution in [3.05, 3.63) is 30.1 Å². The van der Waals surface area contributed by atoms with Crippen molar-refractivity contribution >= 4 is 5.91 Å². The molecule has 1 aromatic rings. The van der Waals surface area contributed by atoms with Gasteiger partial charge in [0.1, 0.15) is 0 Å². The van der Waals surface area contributed by atoms with E-state index in [0.29, 0.717) is 19.0 Å². The van der Waals surface area contributed by atoms with Gasteiger partial charge in [-0.1, -0.05) is 12.5 Å². The van der Waals surface area contributed by atoms with E-state index in [1.54, 1.807) is 6.20 Å². The smallest absolute Gasteiger partial charge is 0.234 e. The second-order valence-electron chi connectivity index (χ2n) is 7.68. The Morgan fingerprint density at radius 1 is 1.24 bits per heavy atom. The Balaban J connectivity index is 1.41. The largest absolute Gasteiger partial charge is 0.349 e. The molecule has 0 bridgehead atoms. The Morgan fingerprint density at radius 2 is 2.16 bits per heavy atom. The third-order valence-corrected chi connectivity index (χ3v) is 5.60. The van der Waals surface area contributed by atoms with Gasteiger partial charge in [-0.05, 0) is 63.7 Å². The second-order valence-corrected chi connectivity index (χ2v) is 7.68. The van der Waals surface area contributed by atoms with Crippen LogP contribution in [0.15, 0.2) is 24.4 Å². The van der Waals surface area contributed by atoms with E-state index in [1.807, 2.05) is 18.2 Å². The number of aromatic nitrogens is 1. The number of nitrogens with one attached hydrogen (secondary N) is 1. The summed E-state index contributed by atoms with van der Waals surface area (Å²) in [7, 11) is 0. The lowest BCUT2D eigenvalue weighted by Crippen LogP contribution is -2.47. The molecule has 2 aliphatic rings. The van der Waals surface area contributed by atoms with Crippen LogP contribution in [0.2, 0.25) is 0 Å². The fourth-order valence-corrected chi connectivity index (χ4v) is 4.16. The summed E-state index contributed by atoms with van der Waals surface area (Å²) in [5, 5.41) is 3.00. The van der Waals surface area contributed by atoms with E-state index in [9.17, 15) is 4.79 Å². The van der Waals surface area contributed by atoms with Gasteiger partial charge in [0, 0.05) is 25.3 Å². The van der Waals surface area contributed by atoms with Crippen LogP contribution >= 0.6 is 0 Å². The molecule has 1 amide bonds. The number of carbonyl (C=O) groups is 1. The molecule has 0 saturated carbocycles. The van der Waals surface area contributed by atoms with Gasteiger partial charge in [0.25, 0.3) is 0 Å². The summed E-state index contributed by atoms with van der Waals surface area (Å²) in [6, 6.07) is 6.51. The number of nitrogens with zero attached hydrogens (tertiary/aromatic N) is 3. The highest BCUT2D eigenvalue weighted by Crippen LogP contribution is 2.22. The summed E-state index contributed by atoms with van der Waals surface area (Å²) in [6.45, 7) is 7.95. The molecule has 3 rings (SSSR count). The molecular weight excluding hydrogens is 312 g/mol. The van der Waals surface area contributed by atoms with Crippen LogP contribution in [-0.2, 0) is 11.3 Å². The van der Waals surface area contributed by atoms with Gasteiger partial charge < -0.3 is 10.2 Å². The first-order chi connectivity index (χ1) is 12.2. The molecule has 1 aromatic heterocycles. The van der Waals surface area contributed by atoms with E-state index in [1.165, 1.54) is 45.2 Å². The van der Waals surface area contributed by atoms with Crippen LogP contribution in [0.5, 0.6) is 0 Å². The topological polar surface area (TPSA) is 48.5 Å². The van der Waals surface area contributed by atoms with Gasteiger partial charge >= 0.3 is 0 Å². The molecule has 138 valence electrons. The molecular formula is C20H32N4O. The lowest BCUT2D eigenvalue weighted by molar-refractivity contribution is -0.122. The molecule has 0 unspecified atom stereocenters. The van der Waals surface area contributed by atoms with Gasteiger partial charge in [-0.3, -0.25) is 14.7 Å². The van der Waals surface area contributed by atoms with Crippen LogP contribution in [0.3, 0.4) is 0 Å². The lowest BCUT2D eigenvalue weighted by atomic mass is 9.95. The molecule has 3 heterocycles. The molecule has 0 spiro atoms. The third kappa shape index (κ3) is 5.79. The Kier molecular flexibility index (Phi) is 6.82. The number of carbonyl (C=O) groups excluding carboxylic acids is 1. The number of piperidine rings is 2. The van der Waals surface area contributed by atoms with E-state index < -0.39 is 0 Å². The molecule has 1 N–H and O–H groups in total. The Labute approximate surface area is 151 Å². The first-order valence-corrected chi connectivity index (χ1v) is 9.83. The van der Waals surface area contributed by atoms with Crippen molar-refractivity contribution in [2.75, 3.05) is 32.7 Å². The van der Waals surface area contributed by atoms with Crippen molar-refractivity contribution in [2.24, 2.45) is 5.92 Å². The van der Waals surface area contributed by atoms with Crippen LogP contribution in [0.4, 0.5) is 0 Å². The quantitative estimate of drug-likeness (QED) is 0.860. The SMILES string of the molecule is C[C@@H]1CCCCN1C[C@H]1CCCN(CC(=O)NCc2ccccn2)C1. The van der Waals surface area contributed by atoms with Crippen LogP contribution < -0.4 is 5.32 Å². The first kappa shape index (κ1) is 18.3. The van der Waals surface area contributed by atoms with Crippen molar-refractivity contribution in [3.63, 3.8) is 0 Å². The predicted molar refractivity (Wildman–Crippen MR) is 100 cm³/mol. The highest BCUT2D eigenvalue weighted by Gasteiger charge is 2.26. The average Bonchev–Trinajstić information content (AvgIpc) is 2.63. The number of likely N-dealkylation sites (tertiary alicyclic amines) is 2. The van der Waals surface area contributed by atoms with E-state index in [4.69, 9.17) is 0 Å². The summed E-state index contributed by atoms with van der Waals surface area (Å²) < 4.78 is 0. The van der Waals surface area contributed by atoms with E-state index in [-0.39, 0.29) is 5.91 Å². The van der Waals surface area contributed by atoms with Gasteiger partial charge in [0.2, 0.25) is 5.91 Å². The number of hydrogen-bond donors (Lipinski definition) is 1. The Hall–Kier alpha value is -1.46. The lowest BCUT2D eigenvalue weighted by Gasteiger charge is -2.39. The van der Waals surface area contributed by atoms with Crippen LogP contribution in [0, 0.1) is 5.92 Å². The minimum absolute atomic E-state index is 0.109. The van der Waals surface area contributed by atoms with E-state index in [2.05, 4.69) is 27.0 Å². The molecule has 0 radical (unpaired) electrons. The normalized spacial score (nSPS) is 25.6. The maximum atomic E-state index is 12.2. The van der Waals surface area contributed by atoms with Gasteiger partial charge in [-0.25, -0.2) is 0 Å². The molecule has 0 aromatic carbocycles. The zero-order valence-electron chi connectivity index (χ0n) is 15.5. The molecule has 2 atom stereocenters. The van der Waals surface area contributed by atoms with Gasteiger partial charge in [-0.2, -0.15) is 0 Å². The zero-order valence-corrected chi connectivity index (χ0v) is 15.5. The molecule has 5 heteroatoms. The van der Waals surface area contributed by atoms with Crippen molar-refractivity contribution in [3.8, 4) is 0 Å². The minimum atomic E-state index is 0.109. The second kappa shape index (κ2) is 9.30. The standard InChI is InChI=1S/C20H32N4O/c1-17-7-3-5-12-24(17)15-18-8-6-11-23(14-18)16-20(25)22-13-19-9-2-4-10-21-19/h2,4,9-10,17-18H,3,5-8,11-16H2,1H3,(H,22,25)/t17-,18+/m1/s1. The van der Waals surface area contributed by atoms with Crippen molar-refractivity contribution in [1.29, 1.82) is 0 Å². The molecule has 2 aliphatic heterocycles. The van der Waals surface area contributed by atoms with Crippen LogP contribution in [0.25, 0.3) is 0 Å². The summed E-state index contributed by atoms with van der Waals surface area (Å²) in [6.07, 6.45) is 8.34. The fraction of sp³-hybridized carbons (Fsp3) is 0.700. The van der Waals surface area contributed by atoms with Crippen molar-refractivity contribution < 1.29 is 4.79 Å². The number of rotatable bonds is 6. The van der Waals surface area contributed by atoms with Gasteiger partial charge in [0.15, 0.2) is 0 Å². The van der Waals surface area contributed by atoms with Crippen molar-refractivity contribution in [2.45, 2.75) is 51.6 Å². The summed E-state index contributed by atoms with van der Waals surface area (Å²) in [4.78, 5) is 21.5. The highest BCUT2D eigenvalue weighted by atomic mass is 16.2. The summed E-state index contributed by atoms with van der Waals surface area (Å²) in [5.74, 6) is 0.815. The molecule has 0 aliphatic carbocycles. The molecule has 2 saturated heterocycles. The number of amides is 1. The summed E-state index contributed by atoms with van der Waals surface area (Å²) >= 11 is 0. The monoisotopic (exact) mass is 344 g/mol. The third-order valence-electron chi connectivity index (χ3n) is 5.60. The maximum absolute atomic E-state index is 12.2. The van der Waals surface area contributed by atoms with E-state index >= 15 is 0 Å². The minimum Gasteiger partial charge on any atom is -0.349 e. The van der Waals surface area contributed by atoms with E-state index in [0.717, 1.165) is 24.8 Å². The molecule has 25 heavy (non-hydrogen) atoms. The van der Waals surface area contributed by atoms with Gasteiger partial charge in [0.05, 0.1) is 18.8 Å². The molecule has 5 nitrogen and oxygen atoms in total. The Bertz CT molecular complexity index is 536. The Morgan fingerprint density at radius 3 is 2.96 bits per heavy atom. The number of hydrogen-bond acceptors (Lipinski definition) is 4. The average molecular weight is 345 g/mol. The highest BCUT2D eigenvalue weighted by molar-refractivity contribution is 5.77. The van der Waals surface area contributed by atoms with Gasteiger partial charge in [-0.15, -0.1) is 0 Å². The fourth-order valence-electron chi connectivity index (χ4n) is 4.16. The van der Waals surface area contributed by atoms with Crippen LogP contribution in [-0.4, -0.2) is 59.5 Å². The zero-order chi connectivity index (χ0) is 17.5. The number of pyridine rings is 1.